The summed E-state index contributed by atoms with van der Waals surface area (Å²) in [4.78, 5) is 15.7. The first kappa shape index (κ1) is 11.6. The van der Waals surface area contributed by atoms with E-state index in [4.69, 9.17) is 4.52 Å². The standard InChI is InChI=1S/C12H15N3O2/c1-3-10(16)9-5-6-15(7-9)8-11-13-12(4-2)17-14-11/h5-7H,3-4,8H2,1-2H3. The Morgan fingerprint density at radius 3 is 2.94 bits per heavy atom. The zero-order valence-electron chi connectivity index (χ0n) is 10.0. The van der Waals surface area contributed by atoms with E-state index in [9.17, 15) is 4.79 Å². The molecular weight excluding hydrogens is 218 g/mol. The van der Waals surface area contributed by atoms with Crippen molar-refractivity contribution in [2.24, 2.45) is 0 Å². The Hall–Kier alpha value is -1.91. The van der Waals surface area contributed by atoms with E-state index in [-0.39, 0.29) is 5.78 Å². The highest BCUT2D eigenvalue weighted by atomic mass is 16.5. The molecule has 0 aliphatic heterocycles. The molecule has 5 heteroatoms. The van der Waals surface area contributed by atoms with Gasteiger partial charge in [-0.2, -0.15) is 4.98 Å². The largest absolute Gasteiger partial charge is 0.346 e. The van der Waals surface area contributed by atoms with Crippen molar-refractivity contribution in [2.75, 3.05) is 0 Å². The molecule has 2 heterocycles. The number of ketones is 1. The molecule has 0 bridgehead atoms. The molecule has 0 spiro atoms. The molecule has 90 valence electrons. The summed E-state index contributed by atoms with van der Waals surface area (Å²) in [6.45, 7) is 4.35. The topological polar surface area (TPSA) is 60.9 Å². The minimum Gasteiger partial charge on any atom is -0.346 e. The maximum absolute atomic E-state index is 11.5. The third-order valence-electron chi connectivity index (χ3n) is 2.53. The minimum atomic E-state index is 0.145. The van der Waals surface area contributed by atoms with Crippen LogP contribution in [-0.4, -0.2) is 20.5 Å². The number of hydrogen-bond acceptors (Lipinski definition) is 4. The second-order valence-corrected chi connectivity index (χ2v) is 3.81. The Bertz CT molecular complexity index is 513. The van der Waals surface area contributed by atoms with Gasteiger partial charge in [-0.05, 0) is 6.07 Å². The van der Waals surface area contributed by atoms with Crippen LogP contribution >= 0.6 is 0 Å². The van der Waals surface area contributed by atoms with Gasteiger partial charge in [0.1, 0.15) is 0 Å². The number of rotatable bonds is 5. The van der Waals surface area contributed by atoms with E-state index in [1.807, 2.05) is 36.9 Å². The number of carbonyl (C=O) groups is 1. The van der Waals surface area contributed by atoms with E-state index >= 15 is 0 Å². The average Bonchev–Trinajstić information content (AvgIpc) is 2.97. The molecule has 0 amide bonds. The van der Waals surface area contributed by atoms with Gasteiger partial charge in [0.05, 0.1) is 6.54 Å². The summed E-state index contributed by atoms with van der Waals surface area (Å²) in [5.74, 6) is 1.41. The SMILES string of the molecule is CCC(=O)c1ccn(Cc2noc(CC)n2)c1. The zero-order valence-corrected chi connectivity index (χ0v) is 10.0. The Labute approximate surface area is 99.4 Å². The molecule has 0 saturated carbocycles. The van der Waals surface area contributed by atoms with Crippen LogP contribution in [0.4, 0.5) is 0 Å². The molecule has 0 radical (unpaired) electrons. The molecule has 17 heavy (non-hydrogen) atoms. The number of hydrogen-bond donors (Lipinski definition) is 0. The van der Waals surface area contributed by atoms with E-state index in [1.54, 1.807) is 0 Å². The number of nitrogens with zero attached hydrogens (tertiary/aromatic N) is 3. The van der Waals surface area contributed by atoms with Crippen LogP contribution in [0, 0.1) is 0 Å². The maximum Gasteiger partial charge on any atom is 0.226 e. The van der Waals surface area contributed by atoms with Crippen LogP contribution < -0.4 is 0 Å². The molecule has 0 N–H and O–H groups in total. The third kappa shape index (κ3) is 2.61. The summed E-state index contributed by atoms with van der Waals surface area (Å²) in [5, 5.41) is 3.86. The highest BCUT2D eigenvalue weighted by molar-refractivity contribution is 5.95. The average molecular weight is 233 g/mol. The number of carbonyl (C=O) groups excluding carboxylic acids is 1. The number of aromatic nitrogens is 3. The van der Waals surface area contributed by atoms with Crippen molar-refractivity contribution in [3.8, 4) is 0 Å². The predicted molar refractivity (Wildman–Crippen MR) is 61.8 cm³/mol. The molecule has 0 aromatic carbocycles. The lowest BCUT2D eigenvalue weighted by atomic mass is 10.2. The zero-order chi connectivity index (χ0) is 12.3. The van der Waals surface area contributed by atoms with Crippen molar-refractivity contribution in [3.05, 3.63) is 35.7 Å². The molecule has 0 aliphatic rings. The molecule has 0 atom stereocenters. The van der Waals surface area contributed by atoms with Crippen molar-refractivity contribution >= 4 is 5.78 Å². The van der Waals surface area contributed by atoms with Gasteiger partial charge in [-0.3, -0.25) is 4.79 Å². The molecule has 0 fully saturated rings. The van der Waals surface area contributed by atoms with Crippen LogP contribution in [0.2, 0.25) is 0 Å². The molecule has 0 aliphatic carbocycles. The summed E-state index contributed by atoms with van der Waals surface area (Å²) in [5.41, 5.74) is 0.728. The fourth-order valence-electron chi connectivity index (χ4n) is 1.57. The van der Waals surface area contributed by atoms with Gasteiger partial charge in [0.25, 0.3) is 0 Å². The van der Waals surface area contributed by atoms with E-state index in [0.717, 1.165) is 12.0 Å². The first-order valence-electron chi connectivity index (χ1n) is 5.73. The van der Waals surface area contributed by atoms with Gasteiger partial charge in [-0.1, -0.05) is 19.0 Å². The normalized spacial score (nSPS) is 10.7. The Balaban J connectivity index is 2.08. The number of aryl methyl sites for hydroxylation is 1. The van der Waals surface area contributed by atoms with Gasteiger partial charge < -0.3 is 9.09 Å². The van der Waals surface area contributed by atoms with Crippen LogP contribution in [0.25, 0.3) is 0 Å². The van der Waals surface area contributed by atoms with Crippen molar-refractivity contribution in [1.29, 1.82) is 0 Å². The molecule has 0 saturated heterocycles. The quantitative estimate of drug-likeness (QED) is 0.742. The highest BCUT2D eigenvalue weighted by Gasteiger charge is 2.08. The van der Waals surface area contributed by atoms with Gasteiger partial charge in [0.2, 0.25) is 5.89 Å². The lowest BCUT2D eigenvalue weighted by Gasteiger charge is -1.96. The van der Waals surface area contributed by atoms with Crippen molar-refractivity contribution in [2.45, 2.75) is 33.2 Å². The monoisotopic (exact) mass is 233 g/mol. The van der Waals surface area contributed by atoms with Crippen LogP contribution in [0.5, 0.6) is 0 Å². The maximum atomic E-state index is 11.5. The van der Waals surface area contributed by atoms with Crippen molar-refractivity contribution in [3.63, 3.8) is 0 Å². The first-order valence-corrected chi connectivity index (χ1v) is 5.73. The number of Topliss-reactive ketones (excluding diaryl/α,β-unsaturated/α-hetero) is 1. The van der Waals surface area contributed by atoms with Crippen molar-refractivity contribution < 1.29 is 9.32 Å². The van der Waals surface area contributed by atoms with Crippen LogP contribution in [0.1, 0.15) is 42.3 Å². The Morgan fingerprint density at radius 1 is 1.47 bits per heavy atom. The van der Waals surface area contributed by atoms with Crippen LogP contribution in [0.3, 0.4) is 0 Å². The summed E-state index contributed by atoms with van der Waals surface area (Å²) >= 11 is 0. The predicted octanol–water partition coefficient (Wildman–Crippen LogP) is 2.07. The molecule has 5 nitrogen and oxygen atoms in total. The van der Waals surface area contributed by atoms with Gasteiger partial charge in [0, 0.05) is 30.8 Å². The summed E-state index contributed by atoms with van der Waals surface area (Å²) in [6, 6.07) is 1.81. The van der Waals surface area contributed by atoms with Gasteiger partial charge in [-0.15, -0.1) is 0 Å². The van der Waals surface area contributed by atoms with E-state index in [0.29, 0.717) is 24.7 Å². The molecule has 2 aromatic heterocycles. The van der Waals surface area contributed by atoms with Crippen LogP contribution in [0.15, 0.2) is 23.0 Å². The smallest absolute Gasteiger partial charge is 0.226 e. The lowest BCUT2D eigenvalue weighted by molar-refractivity contribution is 0.0988. The minimum absolute atomic E-state index is 0.145. The summed E-state index contributed by atoms with van der Waals surface area (Å²) < 4.78 is 6.90. The highest BCUT2D eigenvalue weighted by Crippen LogP contribution is 2.07. The fraction of sp³-hybridized carbons (Fsp3) is 0.417. The first-order chi connectivity index (χ1) is 8.22. The second kappa shape index (κ2) is 4.95. The lowest BCUT2D eigenvalue weighted by Crippen LogP contribution is -2.00. The summed E-state index contributed by atoms with van der Waals surface area (Å²) in [6.07, 6.45) is 4.92. The second-order valence-electron chi connectivity index (χ2n) is 3.81. The summed E-state index contributed by atoms with van der Waals surface area (Å²) in [7, 11) is 0. The molecular formula is C12H15N3O2. The third-order valence-corrected chi connectivity index (χ3v) is 2.53. The molecule has 2 rings (SSSR count). The van der Waals surface area contributed by atoms with Gasteiger partial charge in [0.15, 0.2) is 11.6 Å². The van der Waals surface area contributed by atoms with E-state index in [2.05, 4.69) is 10.1 Å². The Kier molecular flexibility index (Phi) is 3.37. The van der Waals surface area contributed by atoms with Gasteiger partial charge >= 0.3 is 0 Å². The van der Waals surface area contributed by atoms with Gasteiger partial charge in [-0.25, -0.2) is 0 Å². The van der Waals surface area contributed by atoms with E-state index in [1.165, 1.54) is 0 Å². The fourth-order valence-corrected chi connectivity index (χ4v) is 1.57. The molecule has 0 unspecified atom stereocenters. The molecule has 2 aromatic rings. The van der Waals surface area contributed by atoms with E-state index < -0.39 is 0 Å². The van der Waals surface area contributed by atoms with Crippen molar-refractivity contribution in [1.82, 2.24) is 14.7 Å². The van der Waals surface area contributed by atoms with Crippen LogP contribution in [-0.2, 0) is 13.0 Å². The Morgan fingerprint density at radius 2 is 2.29 bits per heavy atom.